The Labute approximate surface area is 125 Å². The maximum Gasteiger partial charge on any atom is 0.241 e. The third-order valence-electron chi connectivity index (χ3n) is 5.21. The summed E-state index contributed by atoms with van der Waals surface area (Å²) >= 11 is 1.45. The van der Waals surface area contributed by atoms with Crippen LogP contribution in [0.3, 0.4) is 0 Å². The molecule has 0 saturated heterocycles. The molecule has 1 aromatic rings. The van der Waals surface area contributed by atoms with E-state index in [0.717, 1.165) is 9.75 Å². The molecule has 114 valence electrons. The lowest BCUT2D eigenvalue weighted by Gasteiger charge is -2.07. The molecule has 1 saturated carbocycles. The molecule has 0 radical (unpaired) electrons. The predicted octanol–water partition coefficient (Wildman–Crippen LogP) is 2.48. The minimum absolute atomic E-state index is 0.182. The van der Waals surface area contributed by atoms with E-state index >= 15 is 0 Å². The minimum atomic E-state index is -3.43. The Morgan fingerprint density at radius 1 is 1.30 bits per heavy atom. The van der Waals surface area contributed by atoms with E-state index < -0.39 is 10.0 Å². The Morgan fingerprint density at radius 2 is 1.85 bits per heavy atom. The Hall–Kier alpha value is -0.430. The molecule has 0 aliphatic heterocycles. The molecule has 0 aromatic carbocycles. The smallest absolute Gasteiger partial charge is 0.241 e. The molecule has 0 unspecified atom stereocenters. The standard InChI is InChI=1S/C14H24N2O2S2/c1-9-11(6-10(7-15)19-9)20(17,18)16-8-12-13(2,3)14(12,4)5/h6,12,16H,7-8,15H2,1-5H3. The third-order valence-corrected chi connectivity index (χ3v) is 7.96. The molecule has 3 N–H and O–H groups in total. The molecule has 1 aliphatic carbocycles. The maximum atomic E-state index is 12.4. The molecule has 20 heavy (non-hydrogen) atoms. The van der Waals surface area contributed by atoms with Gasteiger partial charge in [-0.3, -0.25) is 0 Å². The van der Waals surface area contributed by atoms with E-state index in [1.165, 1.54) is 11.3 Å². The normalized spacial score (nSPS) is 21.1. The van der Waals surface area contributed by atoms with Gasteiger partial charge in [-0.2, -0.15) is 0 Å². The van der Waals surface area contributed by atoms with Crippen molar-refractivity contribution >= 4 is 21.4 Å². The lowest BCUT2D eigenvalue weighted by atomic mass is 10.0. The minimum Gasteiger partial charge on any atom is -0.326 e. The van der Waals surface area contributed by atoms with Gasteiger partial charge in [-0.05, 0) is 29.7 Å². The number of hydrogen-bond donors (Lipinski definition) is 2. The van der Waals surface area contributed by atoms with Crippen LogP contribution in [0.4, 0.5) is 0 Å². The molecule has 1 aliphatic rings. The monoisotopic (exact) mass is 316 g/mol. The SMILES string of the molecule is Cc1sc(CN)cc1S(=O)(=O)NCC1C(C)(C)C1(C)C. The van der Waals surface area contributed by atoms with Crippen molar-refractivity contribution in [1.29, 1.82) is 0 Å². The topological polar surface area (TPSA) is 72.2 Å². The van der Waals surface area contributed by atoms with Crippen molar-refractivity contribution < 1.29 is 8.42 Å². The second-order valence-corrected chi connectivity index (χ2v) is 9.76. The van der Waals surface area contributed by atoms with Crippen LogP contribution in [-0.2, 0) is 16.6 Å². The number of nitrogens with two attached hydrogens (primary N) is 1. The Bertz CT molecular complexity index is 601. The zero-order valence-electron chi connectivity index (χ0n) is 12.8. The molecule has 0 spiro atoms. The van der Waals surface area contributed by atoms with E-state index in [1.54, 1.807) is 6.07 Å². The number of hydrogen-bond acceptors (Lipinski definition) is 4. The van der Waals surface area contributed by atoms with Gasteiger partial charge in [0.1, 0.15) is 0 Å². The Morgan fingerprint density at radius 3 is 2.25 bits per heavy atom. The molecular formula is C14H24N2O2S2. The quantitative estimate of drug-likeness (QED) is 0.876. The van der Waals surface area contributed by atoms with Crippen LogP contribution in [0.2, 0.25) is 0 Å². The summed E-state index contributed by atoms with van der Waals surface area (Å²) in [4.78, 5) is 2.07. The Kier molecular flexibility index (Phi) is 3.83. The number of thiophene rings is 1. The zero-order valence-corrected chi connectivity index (χ0v) is 14.4. The summed E-state index contributed by atoms with van der Waals surface area (Å²) < 4.78 is 27.5. The molecule has 0 amide bonds. The first-order valence-corrected chi connectivity index (χ1v) is 9.13. The molecule has 4 nitrogen and oxygen atoms in total. The predicted molar refractivity (Wildman–Crippen MR) is 83.2 cm³/mol. The average Bonchev–Trinajstić information content (AvgIpc) is 2.64. The van der Waals surface area contributed by atoms with Gasteiger partial charge >= 0.3 is 0 Å². The summed E-state index contributed by atoms with van der Waals surface area (Å²) in [7, 11) is -3.43. The van der Waals surface area contributed by atoms with Crippen molar-refractivity contribution in [3.05, 3.63) is 15.8 Å². The van der Waals surface area contributed by atoms with Crippen molar-refractivity contribution in [1.82, 2.24) is 4.72 Å². The number of sulfonamides is 1. The van der Waals surface area contributed by atoms with Crippen molar-refractivity contribution in [2.24, 2.45) is 22.5 Å². The third kappa shape index (κ3) is 2.43. The first-order chi connectivity index (χ1) is 9.04. The van der Waals surface area contributed by atoms with E-state index in [0.29, 0.717) is 23.9 Å². The fraction of sp³-hybridized carbons (Fsp3) is 0.714. The van der Waals surface area contributed by atoms with Crippen LogP contribution in [0.1, 0.15) is 37.4 Å². The van der Waals surface area contributed by atoms with Gasteiger partial charge in [0.15, 0.2) is 0 Å². The van der Waals surface area contributed by atoms with Crippen LogP contribution in [-0.4, -0.2) is 15.0 Å². The van der Waals surface area contributed by atoms with Gasteiger partial charge in [-0.15, -0.1) is 11.3 Å². The molecule has 1 fully saturated rings. The second-order valence-electron chi connectivity index (χ2n) is 6.69. The largest absolute Gasteiger partial charge is 0.326 e. The summed E-state index contributed by atoms with van der Waals surface area (Å²) in [5.41, 5.74) is 5.94. The lowest BCUT2D eigenvalue weighted by molar-refractivity contribution is 0.457. The highest BCUT2D eigenvalue weighted by molar-refractivity contribution is 7.89. The van der Waals surface area contributed by atoms with Crippen LogP contribution < -0.4 is 10.5 Å². The van der Waals surface area contributed by atoms with Crippen molar-refractivity contribution in [2.75, 3.05) is 6.54 Å². The summed E-state index contributed by atoms with van der Waals surface area (Å²) in [6.45, 7) is 11.5. The van der Waals surface area contributed by atoms with Gasteiger partial charge in [-0.1, -0.05) is 27.7 Å². The highest BCUT2D eigenvalue weighted by atomic mass is 32.2. The van der Waals surface area contributed by atoms with Gasteiger partial charge < -0.3 is 5.73 Å². The van der Waals surface area contributed by atoms with E-state index in [9.17, 15) is 8.42 Å². The van der Waals surface area contributed by atoms with Crippen LogP contribution in [0.5, 0.6) is 0 Å². The van der Waals surface area contributed by atoms with E-state index in [1.807, 2.05) is 6.92 Å². The van der Waals surface area contributed by atoms with Gasteiger partial charge in [0, 0.05) is 22.8 Å². The maximum absolute atomic E-state index is 12.4. The van der Waals surface area contributed by atoms with Crippen molar-refractivity contribution in [2.45, 2.75) is 46.1 Å². The summed E-state index contributed by atoms with van der Waals surface area (Å²) in [5, 5.41) is 0. The zero-order chi connectivity index (χ0) is 15.3. The van der Waals surface area contributed by atoms with Gasteiger partial charge in [0.25, 0.3) is 0 Å². The fourth-order valence-electron chi connectivity index (χ4n) is 3.01. The highest BCUT2D eigenvalue weighted by Gasteiger charge is 2.64. The lowest BCUT2D eigenvalue weighted by Crippen LogP contribution is -2.27. The number of nitrogens with one attached hydrogen (secondary N) is 1. The summed E-state index contributed by atoms with van der Waals surface area (Å²) in [6, 6.07) is 1.69. The first kappa shape index (κ1) is 15.9. The molecule has 1 aromatic heterocycles. The van der Waals surface area contributed by atoms with E-state index in [-0.39, 0.29) is 10.8 Å². The van der Waals surface area contributed by atoms with E-state index in [2.05, 4.69) is 32.4 Å². The Balaban J connectivity index is 2.11. The van der Waals surface area contributed by atoms with Gasteiger partial charge in [0.05, 0.1) is 4.90 Å². The number of aryl methyl sites for hydroxylation is 1. The van der Waals surface area contributed by atoms with Crippen molar-refractivity contribution in [3.8, 4) is 0 Å². The van der Waals surface area contributed by atoms with Crippen LogP contribution in [0.25, 0.3) is 0 Å². The van der Waals surface area contributed by atoms with Gasteiger partial charge in [-0.25, -0.2) is 13.1 Å². The van der Waals surface area contributed by atoms with Crippen LogP contribution in [0, 0.1) is 23.7 Å². The fourth-order valence-corrected chi connectivity index (χ4v) is 5.57. The molecule has 2 rings (SSSR count). The molecule has 0 bridgehead atoms. The average molecular weight is 316 g/mol. The molecule has 1 heterocycles. The molecule has 6 heteroatoms. The van der Waals surface area contributed by atoms with Crippen LogP contribution >= 0.6 is 11.3 Å². The first-order valence-electron chi connectivity index (χ1n) is 6.83. The number of rotatable bonds is 5. The molecule has 0 atom stereocenters. The second kappa shape index (κ2) is 4.80. The molecular weight excluding hydrogens is 292 g/mol. The summed E-state index contributed by atoms with van der Waals surface area (Å²) in [6.07, 6.45) is 0. The van der Waals surface area contributed by atoms with E-state index in [4.69, 9.17) is 5.73 Å². The van der Waals surface area contributed by atoms with Gasteiger partial charge in [0.2, 0.25) is 10.0 Å². The highest BCUT2D eigenvalue weighted by Crippen LogP contribution is 2.67. The van der Waals surface area contributed by atoms with Crippen LogP contribution in [0.15, 0.2) is 11.0 Å². The van der Waals surface area contributed by atoms with Crippen molar-refractivity contribution in [3.63, 3.8) is 0 Å². The summed E-state index contributed by atoms with van der Waals surface area (Å²) in [5.74, 6) is 0.373.